The van der Waals surface area contributed by atoms with Gasteiger partial charge in [0.05, 0.1) is 0 Å². The van der Waals surface area contributed by atoms with E-state index in [1.165, 1.54) is 17.3 Å². The third-order valence-corrected chi connectivity index (χ3v) is 3.06. The molecular weight excluding hydrogens is 232 g/mol. The van der Waals surface area contributed by atoms with Crippen LogP contribution in [0.1, 0.15) is 25.7 Å². The first-order valence-corrected chi connectivity index (χ1v) is 6.31. The minimum atomic E-state index is -0.251. The number of nitrogens with one attached hydrogen (secondary N) is 1. The SMILES string of the molecule is O=C(CCNC(=O)n1ccnc1)N1CCCCC1. The minimum Gasteiger partial charge on any atom is -0.343 e. The van der Waals surface area contributed by atoms with Crippen LogP contribution in [-0.2, 0) is 4.79 Å². The molecule has 18 heavy (non-hydrogen) atoms. The number of amides is 2. The Morgan fingerprint density at radius 1 is 1.22 bits per heavy atom. The van der Waals surface area contributed by atoms with E-state index in [0.29, 0.717) is 13.0 Å². The molecule has 1 N–H and O–H groups in total. The normalized spacial score (nSPS) is 15.4. The summed E-state index contributed by atoms with van der Waals surface area (Å²) in [5.74, 6) is 0.126. The molecule has 0 saturated carbocycles. The van der Waals surface area contributed by atoms with Gasteiger partial charge in [-0.2, -0.15) is 0 Å². The van der Waals surface area contributed by atoms with Crippen LogP contribution >= 0.6 is 0 Å². The zero-order valence-corrected chi connectivity index (χ0v) is 10.3. The maximum absolute atomic E-state index is 11.8. The van der Waals surface area contributed by atoms with Gasteiger partial charge in [0, 0.05) is 38.4 Å². The lowest BCUT2D eigenvalue weighted by molar-refractivity contribution is -0.131. The highest BCUT2D eigenvalue weighted by atomic mass is 16.2. The van der Waals surface area contributed by atoms with Crippen LogP contribution in [0.4, 0.5) is 4.79 Å². The average molecular weight is 250 g/mol. The van der Waals surface area contributed by atoms with Crippen LogP contribution in [0.25, 0.3) is 0 Å². The number of imidazole rings is 1. The standard InChI is InChI=1S/C12H18N4O2/c17-11(15-7-2-1-3-8-15)4-5-14-12(18)16-9-6-13-10-16/h6,9-10H,1-5,7-8H2,(H,14,18). The number of nitrogens with zero attached hydrogens (tertiary/aromatic N) is 3. The molecule has 0 bridgehead atoms. The van der Waals surface area contributed by atoms with E-state index in [0.717, 1.165) is 25.9 Å². The smallest absolute Gasteiger partial charge is 0.326 e. The van der Waals surface area contributed by atoms with Crippen LogP contribution in [0.15, 0.2) is 18.7 Å². The molecule has 0 unspecified atom stereocenters. The quantitative estimate of drug-likeness (QED) is 0.864. The summed E-state index contributed by atoms with van der Waals surface area (Å²) >= 11 is 0. The lowest BCUT2D eigenvalue weighted by Gasteiger charge is -2.26. The highest BCUT2D eigenvalue weighted by Gasteiger charge is 2.16. The van der Waals surface area contributed by atoms with E-state index in [2.05, 4.69) is 10.3 Å². The Morgan fingerprint density at radius 2 is 2.00 bits per heavy atom. The van der Waals surface area contributed by atoms with Gasteiger partial charge in [0.15, 0.2) is 0 Å². The van der Waals surface area contributed by atoms with Crippen molar-refractivity contribution in [1.82, 2.24) is 19.8 Å². The van der Waals surface area contributed by atoms with Crippen LogP contribution in [0, 0.1) is 0 Å². The number of rotatable bonds is 3. The molecule has 1 aliphatic heterocycles. The maximum Gasteiger partial charge on any atom is 0.326 e. The van der Waals surface area contributed by atoms with Gasteiger partial charge >= 0.3 is 6.03 Å². The molecule has 6 heteroatoms. The van der Waals surface area contributed by atoms with Crippen molar-refractivity contribution in [3.05, 3.63) is 18.7 Å². The zero-order chi connectivity index (χ0) is 12.8. The Kier molecular flexibility index (Phi) is 4.33. The molecule has 1 aliphatic rings. The Morgan fingerprint density at radius 3 is 2.67 bits per heavy atom. The first-order chi connectivity index (χ1) is 8.77. The molecule has 6 nitrogen and oxygen atoms in total. The van der Waals surface area contributed by atoms with Crippen LogP contribution < -0.4 is 5.32 Å². The number of hydrogen-bond donors (Lipinski definition) is 1. The molecule has 1 aromatic rings. The Hall–Kier alpha value is -1.85. The van der Waals surface area contributed by atoms with Crippen molar-refractivity contribution in [2.45, 2.75) is 25.7 Å². The number of carbonyl (C=O) groups is 2. The van der Waals surface area contributed by atoms with Gasteiger partial charge in [-0.05, 0) is 19.3 Å². The monoisotopic (exact) mass is 250 g/mol. The summed E-state index contributed by atoms with van der Waals surface area (Å²) in [5.41, 5.74) is 0. The van der Waals surface area contributed by atoms with E-state index in [9.17, 15) is 9.59 Å². The van der Waals surface area contributed by atoms with Crippen molar-refractivity contribution in [3.8, 4) is 0 Å². The van der Waals surface area contributed by atoms with Crippen molar-refractivity contribution in [3.63, 3.8) is 0 Å². The number of likely N-dealkylation sites (tertiary alicyclic amines) is 1. The van der Waals surface area contributed by atoms with Gasteiger partial charge in [0.25, 0.3) is 0 Å². The summed E-state index contributed by atoms with van der Waals surface area (Å²) in [6.07, 6.45) is 8.30. The third-order valence-electron chi connectivity index (χ3n) is 3.06. The first-order valence-electron chi connectivity index (χ1n) is 6.31. The molecule has 98 valence electrons. The van der Waals surface area contributed by atoms with E-state index >= 15 is 0 Å². The number of hydrogen-bond acceptors (Lipinski definition) is 3. The largest absolute Gasteiger partial charge is 0.343 e. The Bertz CT molecular complexity index is 396. The van der Waals surface area contributed by atoms with Gasteiger partial charge in [-0.25, -0.2) is 9.78 Å². The molecule has 0 radical (unpaired) electrons. The first kappa shape index (κ1) is 12.6. The maximum atomic E-state index is 11.8. The molecule has 1 aromatic heterocycles. The molecule has 1 fully saturated rings. The molecule has 0 aliphatic carbocycles. The van der Waals surface area contributed by atoms with E-state index in [4.69, 9.17) is 0 Å². The van der Waals surface area contributed by atoms with Crippen LogP contribution in [-0.4, -0.2) is 46.0 Å². The summed E-state index contributed by atoms with van der Waals surface area (Å²) < 4.78 is 1.35. The van der Waals surface area contributed by atoms with E-state index in [-0.39, 0.29) is 11.9 Å². The number of aromatic nitrogens is 2. The lowest BCUT2D eigenvalue weighted by Crippen LogP contribution is -2.38. The van der Waals surface area contributed by atoms with Gasteiger partial charge in [-0.1, -0.05) is 0 Å². The second-order valence-electron chi connectivity index (χ2n) is 4.39. The molecule has 0 spiro atoms. The van der Waals surface area contributed by atoms with E-state index in [1.807, 2.05) is 4.90 Å². The molecule has 2 heterocycles. The van der Waals surface area contributed by atoms with Gasteiger partial charge in [-0.15, -0.1) is 0 Å². The predicted molar refractivity (Wildman–Crippen MR) is 66.1 cm³/mol. The van der Waals surface area contributed by atoms with Crippen molar-refractivity contribution >= 4 is 11.9 Å². The highest BCUT2D eigenvalue weighted by molar-refractivity contribution is 5.79. The summed E-state index contributed by atoms with van der Waals surface area (Å²) in [5, 5.41) is 2.69. The van der Waals surface area contributed by atoms with Crippen molar-refractivity contribution in [1.29, 1.82) is 0 Å². The summed E-state index contributed by atoms with van der Waals surface area (Å²) in [7, 11) is 0. The molecule has 2 amide bonds. The van der Waals surface area contributed by atoms with Crippen LogP contribution in [0.2, 0.25) is 0 Å². The summed E-state index contributed by atoms with van der Waals surface area (Å²) in [6.45, 7) is 2.08. The van der Waals surface area contributed by atoms with Crippen molar-refractivity contribution in [2.24, 2.45) is 0 Å². The van der Waals surface area contributed by atoms with Gasteiger partial charge < -0.3 is 10.2 Å². The minimum absolute atomic E-state index is 0.126. The average Bonchev–Trinajstić information content (AvgIpc) is 2.93. The van der Waals surface area contributed by atoms with E-state index in [1.54, 1.807) is 12.4 Å². The van der Waals surface area contributed by atoms with Crippen molar-refractivity contribution in [2.75, 3.05) is 19.6 Å². The predicted octanol–water partition coefficient (Wildman–Crippen LogP) is 0.843. The fourth-order valence-corrected chi connectivity index (χ4v) is 2.05. The molecule has 0 atom stereocenters. The fraction of sp³-hybridized carbons (Fsp3) is 0.583. The van der Waals surface area contributed by atoms with Gasteiger partial charge in [0.1, 0.15) is 6.33 Å². The zero-order valence-electron chi connectivity index (χ0n) is 10.3. The molecular formula is C12H18N4O2. The second-order valence-corrected chi connectivity index (χ2v) is 4.39. The fourth-order valence-electron chi connectivity index (χ4n) is 2.05. The molecule has 0 aromatic carbocycles. The molecule has 2 rings (SSSR count). The summed E-state index contributed by atoms with van der Waals surface area (Å²) in [4.78, 5) is 29.0. The number of carbonyl (C=O) groups excluding carboxylic acids is 2. The third kappa shape index (κ3) is 3.32. The lowest BCUT2D eigenvalue weighted by atomic mass is 10.1. The number of piperidine rings is 1. The summed E-state index contributed by atoms with van der Waals surface area (Å²) in [6, 6.07) is -0.251. The second kappa shape index (κ2) is 6.18. The highest BCUT2D eigenvalue weighted by Crippen LogP contribution is 2.09. The van der Waals surface area contributed by atoms with Crippen LogP contribution in [0.5, 0.6) is 0 Å². The molecule has 1 saturated heterocycles. The van der Waals surface area contributed by atoms with Gasteiger partial charge in [0.2, 0.25) is 5.91 Å². The Balaban J connectivity index is 1.68. The van der Waals surface area contributed by atoms with Crippen molar-refractivity contribution < 1.29 is 9.59 Å². The Labute approximate surface area is 106 Å². The topological polar surface area (TPSA) is 67.2 Å². The van der Waals surface area contributed by atoms with Crippen LogP contribution in [0.3, 0.4) is 0 Å². The van der Waals surface area contributed by atoms with E-state index < -0.39 is 0 Å². The van der Waals surface area contributed by atoms with Gasteiger partial charge in [-0.3, -0.25) is 9.36 Å².